The normalized spacial score (nSPS) is 15.1. The molecule has 0 saturated carbocycles. The van der Waals surface area contributed by atoms with Crippen molar-refractivity contribution in [1.29, 1.82) is 0 Å². The average Bonchev–Trinajstić information content (AvgIpc) is 2.76. The monoisotopic (exact) mass is 535 g/mol. The number of benzene rings is 1. The van der Waals surface area contributed by atoms with Gasteiger partial charge in [-0.15, -0.1) is 24.0 Å². The third kappa shape index (κ3) is 8.44. The molecule has 1 saturated heterocycles. The van der Waals surface area contributed by atoms with Gasteiger partial charge in [-0.1, -0.05) is 0 Å². The molecule has 1 aromatic carbocycles. The van der Waals surface area contributed by atoms with Crippen LogP contribution in [0.5, 0.6) is 11.5 Å². The minimum Gasteiger partial charge on any atom is -0.497 e. The fourth-order valence-corrected chi connectivity index (χ4v) is 3.41. The third-order valence-electron chi connectivity index (χ3n) is 5.22. The summed E-state index contributed by atoms with van der Waals surface area (Å²) < 4.78 is 16.0. The van der Waals surface area contributed by atoms with Crippen molar-refractivity contribution in [1.82, 2.24) is 20.0 Å². The van der Waals surface area contributed by atoms with Crippen molar-refractivity contribution in [3.8, 4) is 11.5 Å². The SMILES string of the molecule is CN=C(NCCN(C)CCOC)N1CCN(Cc2cc(OC)ccc2OC)CC1.I. The second-order valence-corrected chi connectivity index (χ2v) is 7.21. The molecule has 30 heavy (non-hydrogen) atoms. The first-order valence-electron chi connectivity index (χ1n) is 10.2. The maximum absolute atomic E-state index is 5.52. The number of aliphatic imine (C=N–C) groups is 1. The van der Waals surface area contributed by atoms with Crippen LogP contribution in [0.15, 0.2) is 23.2 Å². The van der Waals surface area contributed by atoms with Gasteiger partial charge >= 0.3 is 0 Å². The Bertz CT molecular complexity index is 639. The molecular weight excluding hydrogens is 497 g/mol. The number of hydrogen-bond donors (Lipinski definition) is 1. The molecule has 1 aromatic rings. The summed E-state index contributed by atoms with van der Waals surface area (Å²) in [5.41, 5.74) is 1.15. The first-order chi connectivity index (χ1) is 14.1. The zero-order valence-corrected chi connectivity index (χ0v) is 21.3. The van der Waals surface area contributed by atoms with Gasteiger partial charge in [0.15, 0.2) is 5.96 Å². The second-order valence-electron chi connectivity index (χ2n) is 7.21. The number of guanidine groups is 1. The molecule has 0 radical (unpaired) electrons. The van der Waals surface area contributed by atoms with Crippen LogP contribution in [0.3, 0.4) is 0 Å². The smallest absolute Gasteiger partial charge is 0.193 e. The van der Waals surface area contributed by atoms with E-state index in [1.165, 1.54) is 0 Å². The van der Waals surface area contributed by atoms with Crippen LogP contribution in [-0.4, -0.2) is 109 Å². The Morgan fingerprint density at radius 1 is 1.10 bits per heavy atom. The van der Waals surface area contributed by atoms with E-state index in [0.717, 1.165) is 82.0 Å². The Hall–Kier alpha value is -1.30. The Morgan fingerprint density at radius 2 is 1.83 bits per heavy atom. The van der Waals surface area contributed by atoms with Crippen molar-refractivity contribution in [3.63, 3.8) is 0 Å². The molecule has 0 aromatic heterocycles. The van der Waals surface area contributed by atoms with Crippen LogP contribution >= 0.6 is 24.0 Å². The maximum atomic E-state index is 5.52. The number of rotatable bonds is 10. The summed E-state index contributed by atoms with van der Waals surface area (Å²) in [4.78, 5) is 11.5. The molecular formula is C21H38IN5O3. The summed E-state index contributed by atoms with van der Waals surface area (Å²) in [5.74, 6) is 2.74. The molecule has 0 aliphatic carbocycles. The largest absolute Gasteiger partial charge is 0.497 e. The van der Waals surface area contributed by atoms with Crippen molar-refractivity contribution >= 4 is 29.9 Å². The van der Waals surface area contributed by atoms with Crippen LogP contribution < -0.4 is 14.8 Å². The number of nitrogens with zero attached hydrogens (tertiary/aromatic N) is 4. The minimum absolute atomic E-state index is 0. The molecule has 0 unspecified atom stereocenters. The third-order valence-corrected chi connectivity index (χ3v) is 5.22. The van der Waals surface area contributed by atoms with Crippen molar-refractivity contribution in [2.75, 3.05) is 87.8 Å². The maximum Gasteiger partial charge on any atom is 0.193 e. The molecule has 1 N–H and O–H groups in total. The number of methoxy groups -OCH3 is 3. The van der Waals surface area contributed by atoms with Crippen molar-refractivity contribution < 1.29 is 14.2 Å². The van der Waals surface area contributed by atoms with Crippen LogP contribution in [0, 0.1) is 0 Å². The molecule has 9 heteroatoms. The summed E-state index contributed by atoms with van der Waals surface area (Å²) in [6.07, 6.45) is 0. The van der Waals surface area contributed by atoms with Crippen LogP contribution in [0.25, 0.3) is 0 Å². The van der Waals surface area contributed by atoms with Crippen molar-refractivity contribution in [2.45, 2.75) is 6.54 Å². The first-order valence-corrected chi connectivity index (χ1v) is 10.2. The number of likely N-dealkylation sites (N-methyl/N-ethyl adjacent to an activating group) is 1. The molecule has 1 aliphatic rings. The summed E-state index contributed by atoms with van der Waals surface area (Å²) in [5, 5.41) is 3.48. The first kappa shape index (κ1) is 26.7. The number of ether oxygens (including phenoxy) is 3. The lowest BCUT2D eigenvalue weighted by atomic mass is 10.1. The minimum atomic E-state index is 0. The van der Waals surface area contributed by atoms with E-state index in [1.54, 1.807) is 21.3 Å². The molecule has 8 nitrogen and oxygen atoms in total. The summed E-state index contributed by atoms with van der Waals surface area (Å²) in [7, 11) is 9.10. The fourth-order valence-electron chi connectivity index (χ4n) is 3.41. The number of hydrogen-bond acceptors (Lipinski definition) is 6. The molecule has 172 valence electrons. The lowest BCUT2D eigenvalue weighted by Gasteiger charge is -2.36. The lowest BCUT2D eigenvalue weighted by Crippen LogP contribution is -2.52. The van der Waals surface area contributed by atoms with E-state index in [2.05, 4.69) is 38.1 Å². The van der Waals surface area contributed by atoms with Gasteiger partial charge in [0, 0.05) is 72.1 Å². The van der Waals surface area contributed by atoms with Crippen molar-refractivity contribution in [3.05, 3.63) is 23.8 Å². The van der Waals surface area contributed by atoms with Gasteiger partial charge in [0.1, 0.15) is 11.5 Å². The molecule has 1 aliphatic heterocycles. The zero-order chi connectivity index (χ0) is 21.1. The Balaban J connectivity index is 0.00000450. The van der Waals surface area contributed by atoms with E-state index < -0.39 is 0 Å². The van der Waals surface area contributed by atoms with Crippen LogP contribution in [0.1, 0.15) is 5.56 Å². The van der Waals surface area contributed by atoms with E-state index in [0.29, 0.717) is 0 Å². The van der Waals surface area contributed by atoms with E-state index in [1.807, 2.05) is 19.2 Å². The second kappa shape index (κ2) is 14.7. The highest BCUT2D eigenvalue weighted by Crippen LogP contribution is 2.25. The average molecular weight is 535 g/mol. The number of piperazine rings is 1. The van der Waals surface area contributed by atoms with Crippen LogP contribution in [-0.2, 0) is 11.3 Å². The predicted molar refractivity (Wildman–Crippen MR) is 133 cm³/mol. The summed E-state index contributed by atoms with van der Waals surface area (Å²) >= 11 is 0. The highest BCUT2D eigenvalue weighted by atomic mass is 127. The predicted octanol–water partition coefficient (Wildman–Crippen LogP) is 1.59. The number of nitrogens with one attached hydrogen (secondary N) is 1. The van der Waals surface area contributed by atoms with Gasteiger partial charge in [-0.2, -0.15) is 0 Å². The standard InChI is InChI=1S/C21H37N5O3.HI/c1-22-21(23-8-9-24(2)14-15-27-3)26-12-10-25(11-13-26)17-18-16-19(28-4)6-7-20(18)29-5;/h6-7,16H,8-15,17H2,1-5H3,(H,22,23);1H. The van der Waals surface area contributed by atoms with Gasteiger partial charge in [-0.3, -0.25) is 9.89 Å². The zero-order valence-electron chi connectivity index (χ0n) is 19.0. The van der Waals surface area contributed by atoms with Gasteiger partial charge < -0.3 is 29.3 Å². The van der Waals surface area contributed by atoms with Gasteiger partial charge in [0.05, 0.1) is 20.8 Å². The highest BCUT2D eigenvalue weighted by molar-refractivity contribution is 14.0. The van der Waals surface area contributed by atoms with E-state index in [-0.39, 0.29) is 24.0 Å². The van der Waals surface area contributed by atoms with Gasteiger partial charge in [-0.25, -0.2) is 0 Å². The van der Waals surface area contributed by atoms with E-state index in [9.17, 15) is 0 Å². The Labute approximate surface area is 198 Å². The molecule has 1 heterocycles. The molecule has 0 bridgehead atoms. The number of halogens is 1. The van der Waals surface area contributed by atoms with Crippen molar-refractivity contribution in [2.24, 2.45) is 4.99 Å². The summed E-state index contributed by atoms with van der Waals surface area (Å²) in [6.45, 7) is 8.23. The van der Waals surface area contributed by atoms with Gasteiger partial charge in [0.2, 0.25) is 0 Å². The fraction of sp³-hybridized carbons (Fsp3) is 0.667. The Morgan fingerprint density at radius 3 is 2.43 bits per heavy atom. The molecule has 2 rings (SSSR count). The van der Waals surface area contributed by atoms with E-state index in [4.69, 9.17) is 14.2 Å². The molecule has 0 spiro atoms. The van der Waals surface area contributed by atoms with Gasteiger partial charge in [-0.05, 0) is 25.2 Å². The summed E-state index contributed by atoms with van der Waals surface area (Å²) in [6, 6.07) is 5.97. The van der Waals surface area contributed by atoms with Crippen LogP contribution in [0.4, 0.5) is 0 Å². The topological polar surface area (TPSA) is 61.8 Å². The lowest BCUT2D eigenvalue weighted by molar-refractivity contribution is 0.160. The van der Waals surface area contributed by atoms with Gasteiger partial charge in [0.25, 0.3) is 0 Å². The quantitative estimate of drug-likeness (QED) is 0.278. The Kier molecular flexibility index (Phi) is 13.1. The van der Waals surface area contributed by atoms with E-state index >= 15 is 0 Å². The molecule has 0 amide bonds. The molecule has 1 fully saturated rings. The highest BCUT2D eigenvalue weighted by Gasteiger charge is 2.20. The molecule has 0 atom stereocenters. The van der Waals surface area contributed by atoms with Crippen LogP contribution in [0.2, 0.25) is 0 Å².